The zero-order valence-electron chi connectivity index (χ0n) is 15.3. The van der Waals surface area contributed by atoms with E-state index in [0.29, 0.717) is 37.7 Å². The Bertz CT molecular complexity index is 910. The molecule has 0 aromatic heterocycles. The Morgan fingerprint density at radius 1 is 1.04 bits per heavy atom. The van der Waals surface area contributed by atoms with E-state index in [0.717, 1.165) is 16.8 Å². The van der Waals surface area contributed by atoms with Crippen molar-refractivity contribution in [1.29, 1.82) is 0 Å². The summed E-state index contributed by atoms with van der Waals surface area (Å²) >= 11 is 0. The van der Waals surface area contributed by atoms with Crippen LogP contribution in [0.5, 0.6) is 11.5 Å². The molecule has 0 radical (unpaired) electrons. The first kappa shape index (κ1) is 18.0. The van der Waals surface area contributed by atoms with E-state index in [9.17, 15) is 9.59 Å². The largest absolute Gasteiger partial charge is 0.486 e. The predicted octanol–water partition coefficient (Wildman–Crippen LogP) is 2.18. The number of esters is 1. The van der Waals surface area contributed by atoms with Gasteiger partial charge in [0.25, 0.3) is 5.91 Å². The van der Waals surface area contributed by atoms with Gasteiger partial charge in [-0.25, -0.2) is 5.01 Å². The highest BCUT2D eigenvalue weighted by atomic mass is 16.6. The maximum atomic E-state index is 12.3. The summed E-state index contributed by atoms with van der Waals surface area (Å²) < 4.78 is 16.1. The second-order valence-corrected chi connectivity index (χ2v) is 6.50. The highest BCUT2D eigenvalue weighted by Gasteiger charge is 2.22. The van der Waals surface area contributed by atoms with Gasteiger partial charge in [0.2, 0.25) is 0 Å². The standard InChI is InChI=1S/C21H20N2O5/c24-20(23-9-8-17(22-23)16-4-2-1-3-5-16)14-28-21(25)13-15-6-7-18-19(12-15)27-11-10-26-18/h1-7,12H,8-11,13-14H2. The lowest BCUT2D eigenvalue weighted by Gasteiger charge is -2.18. The lowest BCUT2D eigenvalue weighted by Crippen LogP contribution is -2.29. The minimum absolute atomic E-state index is 0.0580. The number of hydrogen-bond donors (Lipinski definition) is 0. The van der Waals surface area contributed by atoms with Crippen molar-refractivity contribution in [2.45, 2.75) is 12.8 Å². The molecule has 2 aromatic rings. The van der Waals surface area contributed by atoms with Crippen molar-refractivity contribution in [3.05, 3.63) is 59.7 Å². The molecular formula is C21H20N2O5. The first-order chi connectivity index (χ1) is 13.7. The summed E-state index contributed by atoms with van der Waals surface area (Å²) in [6, 6.07) is 15.0. The number of carbonyl (C=O) groups excluding carboxylic acids is 2. The van der Waals surface area contributed by atoms with E-state index in [4.69, 9.17) is 14.2 Å². The van der Waals surface area contributed by atoms with Gasteiger partial charge in [-0.15, -0.1) is 0 Å². The Morgan fingerprint density at radius 2 is 1.82 bits per heavy atom. The molecule has 2 aliphatic heterocycles. The molecule has 2 aliphatic rings. The van der Waals surface area contributed by atoms with Crippen molar-refractivity contribution in [3.63, 3.8) is 0 Å². The molecule has 0 spiro atoms. The minimum Gasteiger partial charge on any atom is -0.486 e. The number of hydrazone groups is 1. The van der Waals surface area contributed by atoms with Gasteiger partial charge in [-0.05, 0) is 23.3 Å². The fourth-order valence-corrected chi connectivity index (χ4v) is 3.10. The molecular weight excluding hydrogens is 360 g/mol. The third-order valence-corrected chi connectivity index (χ3v) is 4.51. The highest BCUT2D eigenvalue weighted by molar-refractivity contribution is 6.02. The summed E-state index contributed by atoms with van der Waals surface area (Å²) in [5.74, 6) is 0.477. The lowest BCUT2D eigenvalue weighted by atomic mass is 10.1. The Hall–Kier alpha value is -3.35. The third kappa shape index (κ3) is 4.14. The Morgan fingerprint density at radius 3 is 2.64 bits per heavy atom. The fraction of sp³-hybridized carbons (Fsp3) is 0.286. The molecule has 0 saturated carbocycles. The number of rotatable bonds is 5. The smallest absolute Gasteiger partial charge is 0.310 e. The number of fused-ring (bicyclic) bond motifs is 1. The van der Waals surface area contributed by atoms with E-state index in [2.05, 4.69) is 5.10 Å². The Kier molecular flexibility index (Phi) is 5.23. The predicted molar refractivity (Wildman–Crippen MR) is 101 cm³/mol. The summed E-state index contributed by atoms with van der Waals surface area (Å²) in [6.45, 7) is 1.16. The molecule has 0 bridgehead atoms. The second kappa shape index (κ2) is 8.12. The van der Waals surface area contributed by atoms with Crippen LogP contribution in [0.1, 0.15) is 17.5 Å². The lowest BCUT2D eigenvalue weighted by molar-refractivity contribution is -0.151. The van der Waals surface area contributed by atoms with E-state index in [1.54, 1.807) is 18.2 Å². The SMILES string of the molecule is O=C(Cc1ccc2c(c1)OCCO2)OCC(=O)N1CCC(c2ccccc2)=N1. The van der Waals surface area contributed by atoms with Crippen LogP contribution in [-0.2, 0) is 20.7 Å². The summed E-state index contributed by atoms with van der Waals surface area (Å²) in [6.07, 6.45) is 0.739. The van der Waals surface area contributed by atoms with Gasteiger partial charge in [0, 0.05) is 6.42 Å². The van der Waals surface area contributed by atoms with Crippen LogP contribution in [0, 0.1) is 0 Å². The molecule has 0 fully saturated rings. The quantitative estimate of drug-likeness (QED) is 0.743. The molecule has 7 heteroatoms. The van der Waals surface area contributed by atoms with Crippen LogP contribution in [0.25, 0.3) is 0 Å². The molecule has 2 aromatic carbocycles. The molecule has 0 atom stereocenters. The first-order valence-corrected chi connectivity index (χ1v) is 9.16. The van der Waals surface area contributed by atoms with Crippen LogP contribution < -0.4 is 9.47 Å². The van der Waals surface area contributed by atoms with Crippen molar-refractivity contribution in [1.82, 2.24) is 5.01 Å². The summed E-state index contributed by atoms with van der Waals surface area (Å²) in [4.78, 5) is 24.4. The zero-order valence-corrected chi connectivity index (χ0v) is 15.3. The van der Waals surface area contributed by atoms with E-state index in [1.165, 1.54) is 5.01 Å². The van der Waals surface area contributed by atoms with Crippen LogP contribution in [-0.4, -0.2) is 49.0 Å². The normalized spacial score (nSPS) is 15.1. The van der Waals surface area contributed by atoms with Crippen molar-refractivity contribution in [2.24, 2.45) is 5.10 Å². The van der Waals surface area contributed by atoms with Crippen molar-refractivity contribution in [2.75, 3.05) is 26.4 Å². The molecule has 1 amide bonds. The summed E-state index contributed by atoms with van der Waals surface area (Å²) in [5, 5.41) is 5.71. The van der Waals surface area contributed by atoms with Gasteiger partial charge in [0.15, 0.2) is 18.1 Å². The van der Waals surface area contributed by atoms with Gasteiger partial charge in [-0.3, -0.25) is 9.59 Å². The van der Waals surface area contributed by atoms with Gasteiger partial charge in [-0.1, -0.05) is 36.4 Å². The minimum atomic E-state index is -0.475. The van der Waals surface area contributed by atoms with Gasteiger partial charge in [0.1, 0.15) is 13.2 Å². The molecule has 144 valence electrons. The molecule has 28 heavy (non-hydrogen) atoms. The van der Waals surface area contributed by atoms with Crippen LogP contribution in [0.3, 0.4) is 0 Å². The molecule has 0 unspecified atom stereocenters. The summed E-state index contributed by atoms with van der Waals surface area (Å²) in [7, 11) is 0. The number of carbonyl (C=O) groups is 2. The van der Waals surface area contributed by atoms with E-state index < -0.39 is 5.97 Å². The van der Waals surface area contributed by atoms with Crippen molar-refractivity contribution < 1.29 is 23.8 Å². The van der Waals surface area contributed by atoms with Gasteiger partial charge >= 0.3 is 5.97 Å². The molecule has 0 aliphatic carbocycles. The van der Waals surface area contributed by atoms with Crippen LogP contribution in [0.15, 0.2) is 53.6 Å². The number of hydrogen-bond acceptors (Lipinski definition) is 6. The van der Waals surface area contributed by atoms with Gasteiger partial charge < -0.3 is 14.2 Å². The molecule has 7 nitrogen and oxygen atoms in total. The van der Waals surface area contributed by atoms with Crippen LogP contribution in [0.4, 0.5) is 0 Å². The number of ether oxygens (including phenoxy) is 3. The van der Waals surface area contributed by atoms with Gasteiger partial charge in [0.05, 0.1) is 18.7 Å². The van der Waals surface area contributed by atoms with Crippen LogP contribution >= 0.6 is 0 Å². The number of benzene rings is 2. The Labute approximate surface area is 162 Å². The number of amides is 1. The second-order valence-electron chi connectivity index (χ2n) is 6.50. The van der Waals surface area contributed by atoms with Gasteiger partial charge in [-0.2, -0.15) is 5.10 Å². The Balaban J connectivity index is 1.29. The van der Waals surface area contributed by atoms with Crippen molar-refractivity contribution >= 4 is 17.6 Å². The molecule has 2 heterocycles. The molecule has 0 saturated heterocycles. The number of nitrogens with zero attached hydrogens (tertiary/aromatic N) is 2. The topological polar surface area (TPSA) is 77.4 Å². The molecule has 0 N–H and O–H groups in total. The average molecular weight is 380 g/mol. The highest BCUT2D eigenvalue weighted by Crippen LogP contribution is 2.30. The van der Waals surface area contributed by atoms with E-state index in [1.807, 2.05) is 30.3 Å². The average Bonchev–Trinajstić information content (AvgIpc) is 3.23. The fourth-order valence-electron chi connectivity index (χ4n) is 3.10. The first-order valence-electron chi connectivity index (χ1n) is 9.16. The third-order valence-electron chi connectivity index (χ3n) is 4.51. The zero-order chi connectivity index (χ0) is 19.3. The van der Waals surface area contributed by atoms with E-state index >= 15 is 0 Å². The van der Waals surface area contributed by atoms with E-state index in [-0.39, 0.29) is 18.9 Å². The monoisotopic (exact) mass is 380 g/mol. The van der Waals surface area contributed by atoms with Crippen molar-refractivity contribution in [3.8, 4) is 11.5 Å². The maximum absolute atomic E-state index is 12.3. The van der Waals surface area contributed by atoms with Crippen LogP contribution in [0.2, 0.25) is 0 Å². The summed E-state index contributed by atoms with van der Waals surface area (Å²) in [5.41, 5.74) is 2.59. The maximum Gasteiger partial charge on any atom is 0.310 e. The molecule has 4 rings (SSSR count).